The third-order valence-corrected chi connectivity index (χ3v) is 4.06. The molecule has 0 saturated heterocycles. The number of hydrogen-bond acceptors (Lipinski definition) is 3. The molecule has 22 heavy (non-hydrogen) atoms. The van der Waals surface area contributed by atoms with Crippen LogP contribution in [0.15, 0.2) is 54.6 Å². The monoisotopic (exact) mass is 296 g/mol. The van der Waals surface area contributed by atoms with E-state index >= 15 is 0 Å². The molecule has 3 rings (SSSR count). The molecular weight excluding hydrogens is 276 g/mol. The lowest BCUT2D eigenvalue weighted by Crippen LogP contribution is -2.40. The van der Waals surface area contributed by atoms with E-state index in [2.05, 4.69) is 10.6 Å². The first-order valence-electron chi connectivity index (χ1n) is 7.62. The lowest BCUT2D eigenvalue weighted by Gasteiger charge is -2.21. The van der Waals surface area contributed by atoms with E-state index in [1.807, 2.05) is 54.6 Å². The van der Waals surface area contributed by atoms with Gasteiger partial charge in [0.05, 0.1) is 0 Å². The molecule has 4 nitrogen and oxygen atoms in total. The largest absolute Gasteiger partial charge is 0.380 e. The Bertz CT molecular complexity index is 632. The molecule has 1 aliphatic carbocycles. The third kappa shape index (κ3) is 3.28. The number of carbonyl (C=O) groups excluding carboxylic acids is 1. The van der Waals surface area contributed by atoms with E-state index in [0.717, 1.165) is 24.2 Å². The summed E-state index contributed by atoms with van der Waals surface area (Å²) in [6.07, 6.45) is 2.91. The maximum atomic E-state index is 12.1. The molecule has 4 heteroatoms. The zero-order chi connectivity index (χ0) is 15.4. The Morgan fingerprint density at radius 2 is 1.41 bits per heavy atom. The standard InChI is InChI=1S/C18H20N2O2/c21-17(18(22)12-4-5-13-18)20-16-10-8-15(9-11-16)19-14-6-2-1-3-7-14/h1-3,6-11,19,22H,4-5,12-13H2,(H,20,21). The van der Waals surface area contributed by atoms with Gasteiger partial charge in [0.1, 0.15) is 5.60 Å². The highest BCUT2D eigenvalue weighted by Gasteiger charge is 2.38. The Kier molecular flexibility index (Phi) is 4.11. The van der Waals surface area contributed by atoms with Crippen molar-refractivity contribution >= 4 is 23.0 Å². The van der Waals surface area contributed by atoms with Crippen LogP contribution in [0.1, 0.15) is 25.7 Å². The average Bonchev–Trinajstić information content (AvgIpc) is 2.98. The summed E-state index contributed by atoms with van der Waals surface area (Å²) in [7, 11) is 0. The number of hydrogen-bond donors (Lipinski definition) is 3. The van der Waals surface area contributed by atoms with Crippen molar-refractivity contribution in [1.29, 1.82) is 0 Å². The minimum Gasteiger partial charge on any atom is -0.380 e. The second-order valence-corrected chi connectivity index (χ2v) is 5.76. The zero-order valence-corrected chi connectivity index (χ0v) is 12.4. The van der Waals surface area contributed by atoms with E-state index in [1.54, 1.807) is 0 Å². The first-order chi connectivity index (χ1) is 10.7. The first kappa shape index (κ1) is 14.6. The minimum absolute atomic E-state index is 0.297. The highest BCUT2D eigenvalue weighted by atomic mass is 16.3. The molecular formula is C18H20N2O2. The topological polar surface area (TPSA) is 61.4 Å². The van der Waals surface area contributed by atoms with Crippen molar-refractivity contribution < 1.29 is 9.90 Å². The van der Waals surface area contributed by atoms with Crippen LogP contribution in [0.3, 0.4) is 0 Å². The van der Waals surface area contributed by atoms with E-state index in [0.29, 0.717) is 18.5 Å². The summed E-state index contributed by atoms with van der Waals surface area (Å²) in [4.78, 5) is 12.1. The Morgan fingerprint density at radius 1 is 0.864 bits per heavy atom. The van der Waals surface area contributed by atoms with Crippen LogP contribution in [-0.4, -0.2) is 16.6 Å². The van der Waals surface area contributed by atoms with Crippen LogP contribution in [-0.2, 0) is 4.79 Å². The second kappa shape index (κ2) is 6.20. The van der Waals surface area contributed by atoms with Gasteiger partial charge in [-0.1, -0.05) is 18.2 Å². The van der Waals surface area contributed by atoms with Gasteiger partial charge < -0.3 is 15.7 Å². The maximum absolute atomic E-state index is 12.1. The van der Waals surface area contributed by atoms with Crippen LogP contribution in [0.2, 0.25) is 0 Å². The van der Waals surface area contributed by atoms with Gasteiger partial charge in [0.2, 0.25) is 0 Å². The van der Waals surface area contributed by atoms with Crippen molar-refractivity contribution in [2.45, 2.75) is 31.3 Å². The SMILES string of the molecule is O=C(Nc1ccc(Nc2ccccc2)cc1)C1(O)CCCC1. The summed E-state index contributed by atoms with van der Waals surface area (Å²) in [5.74, 6) is -0.297. The molecule has 0 spiro atoms. The fourth-order valence-electron chi connectivity index (χ4n) is 2.76. The molecule has 0 aromatic heterocycles. The number of amides is 1. The van der Waals surface area contributed by atoms with Crippen LogP contribution < -0.4 is 10.6 Å². The summed E-state index contributed by atoms with van der Waals surface area (Å²) in [6, 6.07) is 17.4. The molecule has 2 aromatic rings. The van der Waals surface area contributed by atoms with Crippen LogP contribution in [0.5, 0.6) is 0 Å². The molecule has 2 aromatic carbocycles. The number of anilines is 3. The molecule has 0 radical (unpaired) electrons. The Hall–Kier alpha value is -2.33. The van der Waals surface area contributed by atoms with Gasteiger partial charge in [-0.05, 0) is 62.1 Å². The quantitative estimate of drug-likeness (QED) is 0.806. The van der Waals surface area contributed by atoms with Gasteiger partial charge in [-0.3, -0.25) is 4.79 Å². The van der Waals surface area contributed by atoms with E-state index in [9.17, 15) is 9.90 Å². The Labute approximate surface area is 130 Å². The predicted molar refractivity (Wildman–Crippen MR) is 88.2 cm³/mol. The summed E-state index contributed by atoms with van der Waals surface area (Å²) in [5.41, 5.74) is 1.47. The highest BCUT2D eigenvalue weighted by molar-refractivity contribution is 5.97. The van der Waals surface area contributed by atoms with Gasteiger partial charge in [-0.2, -0.15) is 0 Å². The number of carbonyl (C=O) groups is 1. The summed E-state index contributed by atoms with van der Waals surface area (Å²) >= 11 is 0. The second-order valence-electron chi connectivity index (χ2n) is 5.76. The molecule has 0 aliphatic heterocycles. The number of nitrogens with one attached hydrogen (secondary N) is 2. The van der Waals surface area contributed by atoms with Gasteiger partial charge >= 0.3 is 0 Å². The lowest BCUT2D eigenvalue weighted by atomic mass is 10.0. The maximum Gasteiger partial charge on any atom is 0.256 e. The number of benzene rings is 2. The summed E-state index contributed by atoms with van der Waals surface area (Å²) in [5, 5.41) is 16.3. The van der Waals surface area contributed by atoms with E-state index < -0.39 is 5.60 Å². The minimum atomic E-state index is -1.19. The Morgan fingerprint density at radius 3 is 2.05 bits per heavy atom. The van der Waals surface area contributed by atoms with Crippen LogP contribution in [0.25, 0.3) is 0 Å². The van der Waals surface area contributed by atoms with Crippen molar-refractivity contribution in [3.05, 3.63) is 54.6 Å². The fourth-order valence-corrected chi connectivity index (χ4v) is 2.76. The number of rotatable bonds is 4. The van der Waals surface area contributed by atoms with Crippen molar-refractivity contribution in [2.24, 2.45) is 0 Å². The third-order valence-electron chi connectivity index (χ3n) is 4.06. The molecule has 3 N–H and O–H groups in total. The number of aliphatic hydroxyl groups is 1. The molecule has 1 saturated carbocycles. The van der Waals surface area contributed by atoms with Gasteiger partial charge in [0, 0.05) is 17.1 Å². The molecule has 0 bridgehead atoms. The molecule has 0 atom stereocenters. The van der Waals surface area contributed by atoms with Crippen molar-refractivity contribution in [2.75, 3.05) is 10.6 Å². The van der Waals surface area contributed by atoms with E-state index in [4.69, 9.17) is 0 Å². The van der Waals surface area contributed by atoms with Gasteiger partial charge in [-0.15, -0.1) is 0 Å². The van der Waals surface area contributed by atoms with Crippen LogP contribution in [0.4, 0.5) is 17.1 Å². The molecule has 0 heterocycles. The Balaban J connectivity index is 1.63. The molecule has 114 valence electrons. The molecule has 1 fully saturated rings. The zero-order valence-electron chi connectivity index (χ0n) is 12.4. The normalized spacial score (nSPS) is 16.2. The average molecular weight is 296 g/mol. The molecule has 0 unspecified atom stereocenters. The van der Waals surface area contributed by atoms with Crippen LogP contribution in [0, 0.1) is 0 Å². The lowest BCUT2D eigenvalue weighted by molar-refractivity contribution is -0.133. The van der Waals surface area contributed by atoms with Crippen molar-refractivity contribution in [1.82, 2.24) is 0 Å². The predicted octanol–water partition coefficient (Wildman–Crippen LogP) is 3.67. The van der Waals surface area contributed by atoms with Crippen molar-refractivity contribution in [3.63, 3.8) is 0 Å². The number of para-hydroxylation sites is 1. The van der Waals surface area contributed by atoms with E-state index in [-0.39, 0.29) is 5.91 Å². The van der Waals surface area contributed by atoms with Crippen LogP contribution >= 0.6 is 0 Å². The van der Waals surface area contributed by atoms with Gasteiger partial charge in [-0.25, -0.2) is 0 Å². The molecule has 1 aliphatic rings. The molecule has 1 amide bonds. The van der Waals surface area contributed by atoms with Gasteiger partial charge in [0.15, 0.2) is 0 Å². The summed E-state index contributed by atoms with van der Waals surface area (Å²) < 4.78 is 0. The van der Waals surface area contributed by atoms with Crippen molar-refractivity contribution in [3.8, 4) is 0 Å². The highest BCUT2D eigenvalue weighted by Crippen LogP contribution is 2.30. The summed E-state index contributed by atoms with van der Waals surface area (Å²) in [6.45, 7) is 0. The van der Waals surface area contributed by atoms with Gasteiger partial charge in [0.25, 0.3) is 5.91 Å². The fraction of sp³-hybridized carbons (Fsp3) is 0.278. The first-order valence-corrected chi connectivity index (χ1v) is 7.62. The smallest absolute Gasteiger partial charge is 0.256 e. The van der Waals surface area contributed by atoms with E-state index in [1.165, 1.54) is 0 Å².